The highest BCUT2D eigenvalue weighted by Crippen LogP contribution is 2.25. The summed E-state index contributed by atoms with van der Waals surface area (Å²) in [6, 6.07) is 8.22. The Balaban J connectivity index is 1.31. The summed E-state index contributed by atoms with van der Waals surface area (Å²) in [5.74, 6) is 1.57. The average Bonchev–Trinajstić information content (AvgIpc) is 3.40. The number of likely N-dealkylation sites (tertiary alicyclic amines) is 1. The van der Waals surface area contributed by atoms with Gasteiger partial charge in [0.25, 0.3) is 5.91 Å². The van der Waals surface area contributed by atoms with Gasteiger partial charge < -0.3 is 14.6 Å². The summed E-state index contributed by atoms with van der Waals surface area (Å²) < 4.78 is 7.51. The summed E-state index contributed by atoms with van der Waals surface area (Å²) in [6.07, 6.45) is 5.22. The lowest BCUT2D eigenvalue weighted by molar-refractivity contribution is 0.0941. The highest BCUT2D eigenvalue weighted by molar-refractivity contribution is 7.98. The molecule has 0 atom stereocenters. The molecule has 3 heterocycles. The smallest absolute Gasteiger partial charge is 0.273 e. The highest BCUT2D eigenvalue weighted by Gasteiger charge is 2.16. The molecular formula is C22H28N6O2S. The first kappa shape index (κ1) is 21.6. The molecule has 9 heteroatoms. The van der Waals surface area contributed by atoms with Crippen LogP contribution in [0.15, 0.2) is 40.1 Å². The lowest BCUT2D eigenvalue weighted by atomic mass is 10.1. The number of carbonyl (C=O) groups excluding carboxylic acids is 1. The lowest BCUT2D eigenvalue weighted by Crippen LogP contribution is -2.37. The Morgan fingerprint density at radius 2 is 1.90 bits per heavy atom. The zero-order chi connectivity index (χ0) is 21.6. The molecule has 1 fully saturated rings. The van der Waals surface area contributed by atoms with Crippen molar-refractivity contribution < 1.29 is 9.21 Å². The molecule has 0 unspecified atom stereocenters. The van der Waals surface area contributed by atoms with Gasteiger partial charge in [-0.3, -0.25) is 9.36 Å². The number of hydrogen-bond donors (Lipinski definition) is 1. The molecule has 1 N–H and O–H groups in total. The van der Waals surface area contributed by atoms with E-state index in [9.17, 15) is 4.79 Å². The number of aryl methyl sites for hydroxylation is 2. The summed E-state index contributed by atoms with van der Waals surface area (Å²) in [7, 11) is 0. The van der Waals surface area contributed by atoms with Gasteiger partial charge >= 0.3 is 0 Å². The molecule has 1 aromatic carbocycles. The molecule has 0 bridgehead atoms. The molecule has 1 aliphatic rings. The zero-order valence-electron chi connectivity index (χ0n) is 18.0. The minimum absolute atomic E-state index is 0.198. The van der Waals surface area contributed by atoms with Crippen LogP contribution in [-0.4, -0.2) is 56.7 Å². The van der Waals surface area contributed by atoms with Crippen molar-refractivity contribution in [3.05, 3.63) is 53.5 Å². The number of carbonyl (C=O) groups is 1. The van der Waals surface area contributed by atoms with Gasteiger partial charge in [-0.25, -0.2) is 4.98 Å². The number of rotatable bonds is 8. The fourth-order valence-corrected chi connectivity index (χ4v) is 4.49. The van der Waals surface area contributed by atoms with E-state index < -0.39 is 0 Å². The van der Waals surface area contributed by atoms with Crippen molar-refractivity contribution in [3.63, 3.8) is 0 Å². The quantitative estimate of drug-likeness (QED) is 0.537. The van der Waals surface area contributed by atoms with E-state index in [0.29, 0.717) is 23.9 Å². The molecular weight excluding hydrogens is 412 g/mol. The molecule has 31 heavy (non-hydrogen) atoms. The van der Waals surface area contributed by atoms with Crippen molar-refractivity contribution in [2.45, 2.75) is 44.0 Å². The Bertz CT molecular complexity index is 1010. The number of nitrogens with zero attached hydrogens (tertiary/aromatic N) is 5. The maximum atomic E-state index is 12.4. The van der Waals surface area contributed by atoms with Crippen molar-refractivity contribution in [1.82, 2.24) is 30.0 Å². The second-order valence-electron chi connectivity index (χ2n) is 7.77. The van der Waals surface area contributed by atoms with Crippen LogP contribution >= 0.6 is 11.8 Å². The first-order chi connectivity index (χ1) is 15.1. The summed E-state index contributed by atoms with van der Waals surface area (Å²) in [6.45, 7) is 7.72. The highest BCUT2D eigenvalue weighted by atomic mass is 32.2. The zero-order valence-corrected chi connectivity index (χ0v) is 18.8. The molecule has 0 spiro atoms. The molecule has 0 radical (unpaired) electrons. The van der Waals surface area contributed by atoms with Gasteiger partial charge in [0.15, 0.2) is 10.9 Å². The number of thioether (sulfide) groups is 1. The summed E-state index contributed by atoms with van der Waals surface area (Å²) in [4.78, 5) is 19.1. The molecule has 164 valence electrons. The molecule has 1 aliphatic heterocycles. The van der Waals surface area contributed by atoms with Crippen LogP contribution in [0.4, 0.5) is 0 Å². The van der Waals surface area contributed by atoms with Gasteiger partial charge in [-0.15, -0.1) is 10.2 Å². The first-order valence-electron chi connectivity index (χ1n) is 10.7. The van der Waals surface area contributed by atoms with E-state index in [1.54, 1.807) is 0 Å². The van der Waals surface area contributed by atoms with Crippen LogP contribution < -0.4 is 5.32 Å². The topological polar surface area (TPSA) is 89.1 Å². The number of hydrogen-bond acceptors (Lipinski definition) is 7. The van der Waals surface area contributed by atoms with Gasteiger partial charge in [0, 0.05) is 18.8 Å². The molecule has 8 nitrogen and oxygen atoms in total. The number of oxazole rings is 1. The number of amides is 1. The SMILES string of the molecule is Cc1ccc(-n2c(C)nnc2SCc2nc(C(=O)NCCN3CCCCC3)co2)cc1. The first-order valence-corrected chi connectivity index (χ1v) is 11.7. The lowest BCUT2D eigenvalue weighted by Gasteiger charge is -2.26. The molecule has 0 aliphatic carbocycles. The second-order valence-corrected chi connectivity index (χ2v) is 8.72. The van der Waals surface area contributed by atoms with Crippen molar-refractivity contribution in [1.29, 1.82) is 0 Å². The van der Waals surface area contributed by atoms with E-state index in [1.165, 1.54) is 42.9 Å². The van der Waals surface area contributed by atoms with Gasteiger partial charge in [0.1, 0.15) is 12.1 Å². The Kier molecular flexibility index (Phi) is 7.03. The van der Waals surface area contributed by atoms with Crippen LogP contribution in [0.3, 0.4) is 0 Å². The van der Waals surface area contributed by atoms with Crippen molar-refractivity contribution in [3.8, 4) is 5.69 Å². The minimum atomic E-state index is -0.198. The van der Waals surface area contributed by atoms with Gasteiger partial charge in [0.05, 0.1) is 5.75 Å². The van der Waals surface area contributed by atoms with E-state index in [1.807, 2.05) is 23.6 Å². The number of nitrogens with one attached hydrogen (secondary N) is 1. The Morgan fingerprint density at radius 3 is 2.68 bits per heavy atom. The summed E-state index contributed by atoms with van der Waals surface area (Å²) in [5, 5.41) is 12.2. The van der Waals surface area contributed by atoms with E-state index in [0.717, 1.165) is 36.3 Å². The maximum absolute atomic E-state index is 12.4. The third kappa shape index (κ3) is 5.54. The number of benzene rings is 1. The van der Waals surface area contributed by atoms with Crippen LogP contribution in [0.2, 0.25) is 0 Å². The molecule has 3 aromatic rings. The van der Waals surface area contributed by atoms with Gasteiger partial charge in [-0.05, 0) is 51.9 Å². The van der Waals surface area contributed by atoms with E-state index in [4.69, 9.17) is 4.42 Å². The second kappa shape index (κ2) is 10.1. The third-order valence-electron chi connectivity index (χ3n) is 5.36. The summed E-state index contributed by atoms with van der Waals surface area (Å²) >= 11 is 1.48. The number of piperidine rings is 1. The maximum Gasteiger partial charge on any atom is 0.273 e. The van der Waals surface area contributed by atoms with E-state index >= 15 is 0 Å². The van der Waals surface area contributed by atoms with Gasteiger partial charge in [-0.1, -0.05) is 35.9 Å². The van der Waals surface area contributed by atoms with Crippen molar-refractivity contribution in [2.75, 3.05) is 26.2 Å². The fraction of sp³-hybridized carbons (Fsp3) is 0.455. The standard InChI is InChI=1S/C22H28N6O2S/c1-16-6-8-18(9-7-16)28-17(2)25-26-22(28)31-15-20-24-19(14-30-20)21(29)23-10-13-27-11-4-3-5-12-27/h6-9,14H,3-5,10-13,15H2,1-2H3,(H,23,29). The Hall–Kier alpha value is -2.65. The van der Waals surface area contributed by atoms with Crippen LogP contribution in [0.25, 0.3) is 5.69 Å². The van der Waals surface area contributed by atoms with Crippen LogP contribution in [0, 0.1) is 13.8 Å². The van der Waals surface area contributed by atoms with E-state index in [2.05, 4.69) is 44.5 Å². The van der Waals surface area contributed by atoms with Crippen LogP contribution in [-0.2, 0) is 5.75 Å². The monoisotopic (exact) mass is 440 g/mol. The molecule has 2 aromatic heterocycles. The summed E-state index contributed by atoms with van der Waals surface area (Å²) in [5.41, 5.74) is 2.52. The largest absolute Gasteiger partial charge is 0.447 e. The predicted octanol–water partition coefficient (Wildman–Crippen LogP) is 3.38. The molecule has 4 rings (SSSR count). The van der Waals surface area contributed by atoms with Crippen LogP contribution in [0.5, 0.6) is 0 Å². The average molecular weight is 441 g/mol. The number of aromatic nitrogens is 4. The molecule has 1 amide bonds. The Labute approximate surface area is 186 Å². The minimum Gasteiger partial charge on any atom is -0.447 e. The predicted molar refractivity (Wildman–Crippen MR) is 120 cm³/mol. The fourth-order valence-electron chi connectivity index (χ4n) is 3.64. The molecule has 0 saturated carbocycles. The van der Waals surface area contributed by atoms with Crippen molar-refractivity contribution >= 4 is 17.7 Å². The van der Waals surface area contributed by atoms with Crippen molar-refractivity contribution in [2.24, 2.45) is 0 Å². The van der Waals surface area contributed by atoms with E-state index in [-0.39, 0.29) is 5.91 Å². The normalized spacial score (nSPS) is 14.6. The Morgan fingerprint density at radius 1 is 1.13 bits per heavy atom. The van der Waals surface area contributed by atoms with Crippen LogP contribution in [0.1, 0.15) is 47.0 Å². The van der Waals surface area contributed by atoms with Gasteiger partial charge in [-0.2, -0.15) is 0 Å². The molecule has 1 saturated heterocycles. The third-order valence-corrected chi connectivity index (χ3v) is 6.27. The van der Waals surface area contributed by atoms with Gasteiger partial charge in [0.2, 0.25) is 5.89 Å².